The Morgan fingerprint density at radius 2 is 1.89 bits per heavy atom. The summed E-state index contributed by atoms with van der Waals surface area (Å²) in [5.74, 6) is -1.50. The van der Waals surface area contributed by atoms with E-state index in [9.17, 15) is 19.7 Å². The first-order chi connectivity index (χ1) is 12.8. The van der Waals surface area contributed by atoms with Crippen LogP contribution in [0.25, 0.3) is 0 Å². The number of methoxy groups -OCH3 is 1. The summed E-state index contributed by atoms with van der Waals surface area (Å²) in [5.41, 5.74) is 2.16. The molecule has 2 rings (SSSR count). The third-order valence-electron chi connectivity index (χ3n) is 3.24. The van der Waals surface area contributed by atoms with E-state index in [4.69, 9.17) is 21.1 Å². The lowest BCUT2D eigenvalue weighted by atomic mass is 10.1. The molecule has 0 atom stereocenters. The Hall–Kier alpha value is -3.46. The minimum absolute atomic E-state index is 0.0455. The summed E-state index contributed by atoms with van der Waals surface area (Å²) in [4.78, 5) is 33.8. The van der Waals surface area contributed by atoms with Gasteiger partial charge in [-0.15, -0.1) is 0 Å². The number of benzene rings is 2. The van der Waals surface area contributed by atoms with E-state index in [1.807, 2.05) is 0 Å². The molecule has 2 aromatic carbocycles. The Morgan fingerprint density at radius 3 is 2.44 bits per heavy atom. The molecule has 0 unspecified atom stereocenters. The molecular weight excluding hydrogens is 378 g/mol. The first kappa shape index (κ1) is 19.9. The molecule has 1 amide bonds. The molecule has 27 heavy (non-hydrogen) atoms. The summed E-state index contributed by atoms with van der Waals surface area (Å²) in [6.07, 6.45) is 1.09. The first-order valence-corrected chi connectivity index (χ1v) is 7.84. The van der Waals surface area contributed by atoms with Gasteiger partial charge >= 0.3 is 11.7 Å². The van der Waals surface area contributed by atoms with Crippen molar-refractivity contribution in [3.8, 4) is 11.5 Å². The van der Waals surface area contributed by atoms with Gasteiger partial charge in [0.1, 0.15) is 0 Å². The molecule has 0 bridgehead atoms. The fourth-order valence-electron chi connectivity index (χ4n) is 2.12. The lowest BCUT2D eigenvalue weighted by Gasteiger charge is -2.09. The highest BCUT2D eigenvalue weighted by Gasteiger charge is 2.25. The molecule has 0 saturated heterocycles. The lowest BCUT2D eigenvalue weighted by Crippen LogP contribution is -2.17. The maximum absolute atomic E-state index is 12.0. The van der Waals surface area contributed by atoms with Crippen LogP contribution in [-0.2, 0) is 4.79 Å². The predicted molar refractivity (Wildman–Crippen MR) is 97.5 cm³/mol. The Kier molecular flexibility index (Phi) is 6.45. The number of nitrogens with one attached hydrogen (secondary N) is 1. The van der Waals surface area contributed by atoms with Crippen LogP contribution in [0.1, 0.15) is 22.8 Å². The molecule has 0 aliphatic rings. The van der Waals surface area contributed by atoms with Gasteiger partial charge in [0.05, 0.1) is 23.8 Å². The van der Waals surface area contributed by atoms with E-state index in [0.29, 0.717) is 10.6 Å². The zero-order chi connectivity index (χ0) is 20.0. The topological polar surface area (TPSA) is 120 Å². The van der Waals surface area contributed by atoms with E-state index < -0.39 is 22.5 Å². The molecule has 2 aromatic rings. The van der Waals surface area contributed by atoms with Crippen molar-refractivity contribution >= 4 is 35.4 Å². The number of nitrogens with zero attached hydrogens (tertiary/aromatic N) is 2. The summed E-state index contributed by atoms with van der Waals surface area (Å²) in [5, 5.41) is 15.6. The van der Waals surface area contributed by atoms with Crippen molar-refractivity contribution in [2.24, 2.45) is 5.10 Å². The molecule has 0 aliphatic heterocycles. The van der Waals surface area contributed by atoms with E-state index in [-0.39, 0.29) is 17.1 Å². The van der Waals surface area contributed by atoms with Crippen molar-refractivity contribution in [2.45, 2.75) is 6.92 Å². The monoisotopic (exact) mass is 391 g/mol. The molecule has 1 N–H and O–H groups in total. The second kappa shape index (κ2) is 8.77. The molecule has 0 aliphatic carbocycles. The Morgan fingerprint density at radius 1 is 1.22 bits per heavy atom. The number of hydrogen-bond acceptors (Lipinski definition) is 7. The number of halogens is 1. The van der Waals surface area contributed by atoms with Crippen molar-refractivity contribution in [2.75, 3.05) is 7.11 Å². The second-order valence-electron chi connectivity index (χ2n) is 5.09. The molecule has 9 nitrogen and oxygen atoms in total. The fraction of sp³-hybridized carbons (Fsp3) is 0.118. The predicted octanol–water partition coefficient (Wildman–Crippen LogP) is 2.95. The van der Waals surface area contributed by atoms with Gasteiger partial charge in [0.15, 0.2) is 5.75 Å². The van der Waals surface area contributed by atoms with E-state index in [1.165, 1.54) is 31.4 Å². The first-order valence-electron chi connectivity index (χ1n) is 7.46. The van der Waals surface area contributed by atoms with Gasteiger partial charge in [0.25, 0.3) is 5.91 Å². The summed E-state index contributed by atoms with van der Waals surface area (Å²) in [7, 11) is 1.21. The number of carbonyl (C=O) groups is 2. The number of ether oxygens (including phenoxy) is 2. The van der Waals surface area contributed by atoms with Gasteiger partial charge < -0.3 is 9.47 Å². The van der Waals surface area contributed by atoms with Crippen LogP contribution in [0.4, 0.5) is 5.69 Å². The van der Waals surface area contributed by atoms with Crippen LogP contribution in [0.15, 0.2) is 41.5 Å². The number of amides is 1. The van der Waals surface area contributed by atoms with Crippen molar-refractivity contribution in [3.05, 3.63) is 62.7 Å². The highest BCUT2D eigenvalue weighted by molar-refractivity contribution is 6.30. The maximum Gasteiger partial charge on any atom is 0.323 e. The highest BCUT2D eigenvalue weighted by Crippen LogP contribution is 2.39. The molecule has 0 radical (unpaired) electrons. The Labute approximate surface area is 158 Å². The van der Waals surface area contributed by atoms with Gasteiger partial charge in [-0.05, 0) is 36.4 Å². The second-order valence-corrected chi connectivity index (χ2v) is 5.53. The van der Waals surface area contributed by atoms with Crippen LogP contribution in [0.2, 0.25) is 5.02 Å². The fourth-order valence-corrected chi connectivity index (χ4v) is 2.25. The number of rotatable bonds is 6. The summed E-state index contributed by atoms with van der Waals surface area (Å²) < 4.78 is 9.91. The Bertz CT molecular complexity index is 912. The lowest BCUT2D eigenvalue weighted by molar-refractivity contribution is -0.385. The van der Waals surface area contributed by atoms with Gasteiger partial charge in [0.2, 0.25) is 5.75 Å². The smallest absolute Gasteiger partial charge is 0.323 e. The van der Waals surface area contributed by atoms with Crippen LogP contribution in [-0.4, -0.2) is 30.1 Å². The van der Waals surface area contributed by atoms with Crippen LogP contribution in [0.5, 0.6) is 11.5 Å². The van der Waals surface area contributed by atoms with Crippen molar-refractivity contribution < 1.29 is 24.0 Å². The molecule has 0 fully saturated rings. The zero-order valence-electron chi connectivity index (χ0n) is 14.3. The third-order valence-corrected chi connectivity index (χ3v) is 3.50. The molecular formula is C17H14ClN3O6. The van der Waals surface area contributed by atoms with Gasteiger partial charge in [0, 0.05) is 17.5 Å². The van der Waals surface area contributed by atoms with Crippen molar-refractivity contribution in [3.63, 3.8) is 0 Å². The normalized spacial score (nSPS) is 10.5. The standard InChI is InChI=1S/C17H14ClN3O6/c1-10(22)27-14-8-5-12(15(21(24)25)16(14)26-2)9-19-20-17(23)11-3-6-13(18)7-4-11/h3-9H,1-2H3,(H,20,23)/b19-9-. The number of esters is 1. The highest BCUT2D eigenvalue weighted by atomic mass is 35.5. The van der Waals surface area contributed by atoms with Crippen LogP contribution < -0.4 is 14.9 Å². The van der Waals surface area contributed by atoms with E-state index in [2.05, 4.69) is 10.5 Å². The average molecular weight is 392 g/mol. The molecule has 0 saturated carbocycles. The van der Waals surface area contributed by atoms with Gasteiger partial charge in [-0.3, -0.25) is 19.7 Å². The summed E-state index contributed by atoms with van der Waals surface area (Å²) in [6, 6.07) is 8.75. The molecule has 0 heterocycles. The van der Waals surface area contributed by atoms with Gasteiger partial charge in [-0.25, -0.2) is 5.43 Å². The van der Waals surface area contributed by atoms with Gasteiger partial charge in [-0.2, -0.15) is 5.10 Å². The average Bonchev–Trinajstić information content (AvgIpc) is 2.62. The third kappa shape index (κ3) is 5.02. The summed E-state index contributed by atoms with van der Waals surface area (Å²) in [6.45, 7) is 1.16. The van der Waals surface area contributed by atoms with Crippen molar-refractivity contribution in [1.82, 2.24) is 5.43 Å². The number of carbonyl (C=O) groups excluding carboxylic acids is 2. The SMILES string of the molecule is COc1c(OC(C)=O)ccc(/C=N\NC(=O)c2ccc(Cl)cc2)c1[N+](=O)[O-]. The number of nitro benzene ring substituents is 1. The van der Waals surface area contributed by atoms with Crippen LogP contribution >= 0.6 is 11.6 Å². The van der Waals surface area contributed by atoms with Crippen LogP contribution in [0, 0.1) is 10.1 Å². The molecule has 140 valence electrons. The summed E-state index contributed by atoms with van der Waals surface area (Å²) >= 11 is 5.75. The number of hydrogen-bond donors (Lipinski definition) is 1. The quantitative estimate of drug-likeness (QED) is 0.266. The van der Waals surface area contributed by atoms with E-state index in [1.54, 1.807) is 12.1 Å². The minimum Gasteiger partial charge on any atom is -0.488 e. The van der Waals surface area contributed by atoms with E-state index in [0.717, 1.165) is 13.1 Å². The molecule has 0 aromatic heterocycles. The zero-order valence-corrected chi connectivity index (χ0v) is 15.0. The number of nitro groups is 1. The van der Waals surface area contributed by atoms with Crippen molar-refractivity contribution in [1.29, 1.82) is 0 Å². The molecule has 10 heteroatoms. The largest absolute Gasteiger partial charge is 0.488 e. The maximum atomic E-state index is 12.0. The Balaban J connectivity index is 2.28. The number of hydrazone groups is 1. The van der Waals surface area contributed by atoms with E-state index >= 15 is 0 Å². The van der Waals surface area contributed by atoms with Gasteiger partial charge in [-0.1, -0.05) is 11.6 Å². The minimum atomic E-state index is -0.700. The molecule has 0 spiro atoms. The van der Waals surface area contributed by atoms with Crippen LogP contribution in [0.3, 0.4) is 0 Å².